The average molecular weight is 454 g/mol. The van der Waals surface area contributed by atoms with E-state index < -0.39 is 24.1 Å². The summed E-state index contributed by atoms with van der Waals surface area (Å²) in [5.74, 6) is -3.13. The van der Waals surface area contributed by atoms with Crippen molar-refractivity contribution in [3.63, 3.8) is 0 Å². The molecule has 2 aromatic carbocycles. The number of hydrogen-bond donors (Lipinski definition) is 2. The van der Waals surface area contributed by atoms with Crippen molar-refractivity contribution >= 4 is 58.3 Å². The lowest BCUT2D eigenvalue weighted by atomic mass is 10.1. The topological polar surface area (TPSA) is 93.1 Å². The zero-order valence-corrected chi connectivity index (χ0v) is 16.6. The second kappa shape index (κ2) is 8.89. The van der Waals surface area contributed by atoms with Crippen molar-refractivity contribution in [1.29, 1.82) is 0 Å². The van der Waals surface area contributed by atoms with Crippen LogP contribution in [0.1, 0.15) is 5.56 Å². The van der Waals surface area contributed by atoms with Gasteiger partial charge in [0, 0.05) is 11.1 Å². The number of carboxylic acid groups (broad SMARTS) is 2. The first-order chi connectivity index (χ1) is 12.6. The van der Waals surface area contributed by atoms with Gasteiger partial charge in [-0.05, 0) is 36.8 Å². The van der Waals surface area contributed by atoms with Gasteiger partial charge >= 0.3 is 11.9 Å². The van der Waals surface area contributed by atoms with Crippen LogP contribution in [0.5, 0.6) is 11.5 Å². The van der Waals surface area contributed by atoms with Gasteiger partial charge in [0.05, 0.1) is 15.1 Å². The van der Waals surface area contributed by atoms with Gasteiger partial charge < -0.3 is 19.7 Å². The van der Waals surface area contributed by atoms with Gasteiger partial charge in [-0.2, -0.15) is 0 Å². The second-order valence-electron chi connectivity index (χ2n) is 5.36. The highest BCUT2D eigenvalue weighted by atomic mass is 35.5. The zero-order chi connectivity index (χ0) is 20.3. The van der Waals surface area contributed by atoms with Crippen molar-refractivity contribution in [2.75, 3.05) is 0 Å². The van der Waals surface area contributed by atoms with Crippen LogP contribution in [0, 0.1) is 6.92 Å². The van der Waals surface area contributed by atoms with Crippen molar-refractivity contribution in [2.45, 2.75) is 19.1 Å². The molecule has 0 aliphatic rings. The van der Waals surface area contributed by atoms with Gasteiger partial charge in [-0.1, -0.05) is 46.4 Å². The van der Waals surface area contributed by atoms with Gasteiger partial charge in [-0.15, -0.1) is 0 Å². The molecule has 2 atom stereocenters. The summed E-state index contributed by atoms with van der Waals surface area (Å²) in [6.07, 6.45) is -3.81. The number of benzene rings is 2. The molecular weight excluding hydrogens is 442 g/mol. The minimum atomic E-state index is -1.92. The lowest BCUT2D eigenvalue weighted by Gasteiger charge is -2.24. The maximum Gasteiger partial charge on any atom is 0.349 e. The fourth-order valence-electron chi connectivity index (χ4n) is 2.10. The number of aryl methyl sites for hydroxylation is 1. The summed E-state index contributed by atoms with van der Waals surface area (Å²) >= 11 is 23.5. The summed E-state index contributed by atoms with van der Waals surface area (Å²) in [6, 6.07) is 6.89. The van der Waals surface area contributed by atoms with Crippen molar-refractivity contribution in [2.24, 2.45) is 0 Å². The first-order valence-electron chi connectivity index (χ1n) is 7.29. The summed E-state index contributed by atoms with van der Waals surface area (Å²) in [6.45, 7) is 1.63. The summed E-state index contributed by atoms with van der Waals surface area (Å²) < 4.78 is 10.7. The Labute approximate surface area is 174 Å². The first kappa shape index (κ1) is 21.4. The smallest absolute Gasteiger partial charge is 0.349 e. The van der Waals surface area contributed by atoms with Crippen LogP contribution >= 0.6 is 46.4 Å². The molecule has 0 saturated carbocycles. The highest BCUT2D eigenvalue weighted by Gasteiger charge is 2.39. The van der Waals surface area contributed by atoms with Crippen LogP contribution in [-0.4, -0.2) is 34.4 Å². The minimum Gasteiger partial charge on any atom is -0.478 e. The van der Waals surface area contributed by atoms with E-state index in [2.05, 4.69) is 0 Å². The van der Waals surface area contributed by atoms with Crippen LogP contribution in [0.15, 0.2) is 30.3 Å². The third-order valence-corrected chi connectivity index (χ3v) is 4.63. The second-order valence-corrected chi connectivity index (χ2v) is 7.02. The highest BCUT2D eigenvalue weighted by molar-refractivity contribution is 6.43. The van der Waals surface area contributed by atoms with Crippen molar-refractivity contribution in [1.82, 2.24) is 0 Å². The Morgan fingerprint density at radius 2 is 1.33 bits per heavy atom. The Morgan fingerprint density at radius 1 is 0.815 bits per heavy atom. The maximum absolute atomic E-state index is 11.7. The van der Waals surface area contributed by atoms with E-state index in [1.54, 1.807) is 13.0 Å². The molecule has 0 spiro atoms. The van der Waals surface area contributed by atoms with Crippen LogP contribution < -0.4 is 9.47 Å². The average Bonchev–Trinajstić information content (AvgIpc) is 2.56. The fraction of sp³-hybridized carbons (Fsp3) is 0.176. The van der Waals surface area contributed by atoms with Crippen LogP contribution in [0.25, 0.3) is 0 Å². The Kier molecular flexibility index (Phi) is 7.06. The normalized spacial score (nSPS) is 12.9. The van der Waals surface area contributed by atoms with Crippen molar-refractivity contribution in [3.8, 4) is 11.5 Å². The number of carbonyl (C=O) groups is 2. The number of carboxylic acids is 2. The van der Waals surface area contributed by atoms with Crippen LogP contribution in [-0.2, 0) is 9.59 Å². The van der Waals surface area contributed by atoms with E-state index in [-0.39, 0.29) is 26.6 Å². The summed E-state index contributed by atoms with van der Waals surface area (Å²) in [5.41, 5.74) is 0.519. The monoisotopic (exact) mass is 452 g/mol. The molecule has 0 bridgehead atoms. The molecule has 0 saturated heterocycles. The number of rotatable bonds is 7. The number of ether oxygens (including phenoxy) is 2. The standard InChI is InChI=1S/C17H12Cl4O6/c1-7-4-8(18)2-3-12(7)26-14(16(22)23)15(17(24)25)27-13-6-10(20)9(19)5-11(13)21/h2-6,14-15H,1H3,(H,22,23)(H,24,25). The third kappa shape index (κ3) is 5.32. The van der Waals surface area contributed by atoms with Gasteiger partial charge in [-0.25, -0.2) is 9.59 Å². The van der Waals surface area contributed by atoms with E-state index in [0.29, 0.717) is 10.6 Å². The number of halogens is 4. The molecule has 27 heavy (non-hydrogen) atoms. The molecule has 0 heterocycles. The van der Waals surface area contributed by atoms with E-state index in [0.717, 1.165) is 0 Å². The van der Waals surface area contributed by atoms with Crippen LogP contribution in [0.2, 0.25) is 20.1 Å². The summed E-state index contributed by atoms with van der Waals surface area (Å²) in [7, 11) is 0. The van der Waals surface area contributed by atoms with Gasteiger partial charge in [0.1, 0.15) is 11.5 Å². The lowest BCUT2D eigenvalue weighted by Crippen LogP contribution is -2.47. The molecule has 0 aliphatic carbocycles. The fourth-order valence-corrected chi connectivity index (χ4v) is 2.90. The Morgan fingerprint density at radius 3 is 1.85 bits per heavy atom. The molecule has 0 aliphatic heterocycles. The molecule has 0 radical (unpaired) electrons. The molecule has 144 valence electrons. The molecule has 0 fully saturated rings. The molecular formula is C17H12Cl4O6. The van der Waals surface area contributed by atoms with E-state index in [1.165, 1.54) is 24.3 Å². The van der Waals surface area contributed by atoms with E-state index >= 15 is 0 Å². The van der Waals surface area contributed by atoms with E-state index in [4.69, 9.17) is 55.9 Å². The predicted molar refractivity (Wildman–Crippen MR) is 102 cm³/mol. The molecule has 2 N–H and O–H groups in total. The largest absolute Gasteiger partial charge is 0.478 e. The van der Waals surface area contributed by atoms with Gasteiger partial charge in [0.2, 0.25) is 12.2 Å². The Hall–Kier alpha value is -1.86. The molecule has 2 rings (SSSR count). The highest BCUT2D eigenvalue weighted by Crippen LogP contribution is 2.35. The van der Waals surface area contributed by atoms with E-state index in [9.17, 15) is 19.8 Å². The predicted octanol–water partition coefficient (Wildman–Crippen LogP) is 4.97. The number of aliphatic carboxylic acids is 2. The lowest BCUT2D eigenvalue weighted by molar-refractivity contribution is -0.161. The zero-order valence-electron chi connectivity index (χ0n) is 13.6. The SMILES string of the molecule is Cc1cc(Cl)ccc1OC(C(=O)O)C(Oc1cc(Cl)c(Cl)cc1Cl)C(=O)O. The van der Waals surface area contributed by atoms with Gasteiger partial charge in [-0.3, -0.25) is 0 Å². The first-order valence-corrected chi connectivity index (χ1v) is 8.81. The van der Waals surface area contributed by atoms with E-state index in [1.807, 2.05) is 0 Å². The summed E-state index contributed by atoms with van der Waals surface area (Å²) in [4.78, 5) is 23.3. The molecule has 6 nitrogen and oxygen atoms in total. The summed E-state index contributed by atoms with van der Waals surface area (Å²) in [5, 5.41) is 19.5. The molecule has 0 aromatic heterocycles. The Bertz CT molecular complexity index is 886. The van der Waals surface area contributed by atoms with Crippen molar-refractivity contribution < 1.29 is 29.3 Å². The van der Waals surface area contributed by atoms with Crippen LogP contribution in [0.3, 0.4) is 0 Å². The minimum absolute atomic E-state index is 0.0394. The van der Waals surface area contributed by atoms with Crippen LogP contribution in [0.4, 0.5) is 0 Å². The quantitative estimate of drug-likeness (QED) is 0.574. The molecule has 2 aromatic rings. The van der Waals surface area contributed by atoms with Crippen molar-refractivity contribution in [3.05, 3.63) is 56.0 Å². The Balaban J connectivity index is 2.37. The van der Waals surface area contributed by atoms with Gasteiger partial charge in [0.25, 0.3) is 0 Å². The van der Waals surface area contributed by atoms with Gasteiger partial charge in [0.15, 0.2) is 0 Å². The maximum atomic E-state index is 11.7. The number of hydrogen-bond acceptors (Lipinski definition) is 4. The molecule has 10 heteroatoms. The third-order valence-electron chi connectivity index (χ3n) is 3.38. The molecule has 2 unspecified atom stereocenters. The molecule has 0 amide bonds.